The van der Waals surface area contributed by atoms with Crippen molar-refractivity contribution >= 4 is 58.0 Å². The third-order valence-corrected chi connectivity index (χ3v) is 9.49. The van der Waals surface area contributed by atoms with Gasteiger partial charge in [-0.2, -0.15) is 0 Å². The van der Waals surface area contributed by atoms with Gasteiger partial charge in [-0.05, 0) is 95.0 Å². The number of halogens is 5. The normalized spacial score (nSPS) is 18.1. The van der Waals surface area contributed by atoms with Crippen molar-refractivity contribution in [1.82, 2.24) is 10.6 Å². The number of carbonyl (C=O) groups is 2. The van der Waals surface area contributed by atoms with E-state index < -0.39 is 11.2 Å². The van der Waals surface area contributed by atoms with Crippen LogP contribution in [0.4, 0.5) is 4.39 Å². The number of hydrogen-bond acceptors (Lipinski definition) is 4. The van der Waals surface area contributed by atoms with Gasteiger partial charge in [-0.1, -0.05) is 73.1 Å². The molecule has 2 aromatic rings. The topological polar surface area (TPSA) is 58.2 Å². The lowest BCUT2D eigenvalue weighted by Crippen LogP contribution is -2.42. The van der Waals surface area contributed by atoms with Gasteiger partial charge < -0.3 is 10.6 Å². The second-order valence-corrected chi connectivity index (χ2v) is 12.2. The number of nitrogens with one attached hydrogen (secondary N) is 2. The summed E-state index contributed by atoms with van der Waals surface area (Å²) in [5, 5.41) is 7.50. The van der Waals surface area contributed by atoms with E-state index in [1.165, 1.54) is 12.1 Å². The zero-order valence-corrected chi connectivity index (χ0v) is 25.6. The predicted molar refractivity (Wildman–Crippen MR) is 160 cm³/mol. The van der Waals surface area contributed by atoms with Crippen LogP contribution in [-0.4, -0.2) is 37.7 Å². The summed E-state index contributed by atoms with van der Waals surface area (Å²) in [7, 11) is 0. The summed E-state index contributed by atoms with van der Waals surface area (Å²) < 4.78 is 13.7. The zero-order valence-electron chi connectivity index (χ0n) is 22.6. The maximum absolute atomic E-state index is 13.7. The van der Waals surface area contributed by atoms with Gasteiger partial charge in [0.1, 0.15) is 5.82 Å². The number of piperidine rings is 2. The molecule has 2 heterocycles. The van der Waals surface area contributed by atoms with Gasteiger partial charge in [0.2, 0.25) is 0 Å². The SMILES string of the molecule is CCCC1(C(=O)c2cc(F)c(Cl)c(Cl)c2)CCNCC1.CCCC1(C(=O)c2ccc(Cl)c(Cl)c2)CCNCC1. The molecule has 4 rings (SSSR count). The van der Waals surface area contributed by atoms with Crippen molar-refractivity contribution in [2.75, 3.05) is 26.2 Å². The smallest absolute Gasteiger partial charge is 0.169 e. The van der Waals surface area contributed by atoms with Gasteiger partial charge in [0, 0.05) is 22.0 Å². The van der Waals surface area contributed by atoms with Crippen molar-refractivity contribution in [3.05, 3.63) is 67.4 Å². The van der Waals surface area contributed by atoms with Gasteiger partial charge in [0.05, 0.1) is 20.1 Å². The zero-order chi connectivity index (χ0) is 28.6. The molecular formula is C30H37Cl4FN2O2. The van der Waals surface area contributed by atoms with E-state index in [9.17, 15) is 14.0 Å². The molecule has 2 aliphatic heterocycles. The average Bonchev–Trinajstić information content (AvgIpc) is 2.94. The van der Waals surface area contributed by atoms with E-state index >= 15 is 0 Å². The van der Waals surface area contributed by atoms with E-state index in [1.807, 2.05) is 0 Å². The number of ketones is 2. The van der Waals surface area contributed by atoms with Crippen LogP contribution in [0.15, 0.2) is 30.3 Å². The minimum Gasteiger partial charge on any atom is -0.317 e. The highest BCUT2D eigenvalue weighted by molar-refractivity contribution is 6.42. The van der Waals surface area contributed by atoms with Crippen LogP contribution in [0, 0.1) is 16.6 Å². The number of Topliss-reactive ketones (excluding diaryl/α,β-unsaturated/α-hetero) is 2. The summed E-state index contributed by atoms with van der Waals surface area (Å²) in [4.78, 5) is 25.7. The highest BCUT2D eigenvalue weighted by atomic mass is 35.5. The van der Waals surface area contributed by atoms with Crippen molar-refractivity contribution < 1.29 is 14.0 Å². The molecule has 2 fully saturated rings. The molecule has 0 aromatic heterocycles. The summed E-state index contributed by atoms with van der Waals surface area (Å²) in [6.45, 7) is 7.64. The van der Waals surface area contributed by atoms with Crippen LogP contribution in [0.3, 0.4) is 0 Å². The Balaban J connectivity index is 0.000000216. The van der Waals surface area contributed by atoms with Gasteiger partial charge in [-0.15, -0.1) is 0 Å². The molecule has 2 N–H and O–H groups in total. The lowest BCUT2D eigenvalue weighted by Gasteiger charge is -2.36. The molecule has 2 aromatic carbocycles. The Morgan fingerprint density at radius 1 is 0.718 bits per heavy atom. The molecule has 0 atom stereocenters. The van der Waals surface area contributed by atoms with Crippen LogP contribution >= 0.6 is 46.4 Å². The van der Waals surface area contributed by atoms with Crippen molar-refractivity contribution in [3.63, 3.8) is 0 Å². The Bertz CT molecular complexity index is 1130. The third-order valence-electron chi connectivity index (χ3n) is 7.97. The van der Waals surface area contributed by atoms with Gasteiger partial charge in [-0.3, -0.25) is 9.59 Å². The Hall–Kier alpha value is -1.21. The fourth-order valence-electron chi connectivity index (χ4n) is 5.89. The van der Waals surface area contributed by atoms with E-state index in [2.05, 4.69) is 24.5 Å². The molecule has 0 spiro atoms. The molecule has 0 saturated carbocycles. The molecule has 0 amide bonds. The Kier molecular flexibility index (Phi) is 12.1. The summed E-state index contributed by atoms with van der Waals surface area (Å²) in [5.41, 5.74) is 0.387. The molecule has 2 aliphatic rings. The predicted octanol–water partition coefficient (Wildman–Crippen LogP) is 8.83. The van der Waals surface area contributed by atoms with Crippen molar-refractivity contribution in [2.24, 2.45) is 10.8 Å². The fourth-order valence-corrected chi connectivity index (χ4v) is 6.50. The van der Waals surface area contributed by atoms with Crippen LogP contribution in [0.1, 0.15) is 85.9 Å². The quantitative estimate of drug-likeness (QED) is 0.229. The lowest BCUT2D eigenvalue weighted by molar-refractivity contribution is 0.0699. The van der Waals surface area contributed by atoms with E-state index in [-0.39, 0.29) is 27.0 Å². The maximum atomic E-state index is 13.7. The molecule has 9 heteroatoms. The van der Waals surface area contributed by atoms with Gasteiger partial charge in [-0.25, -0.2) is 4.39 Å². The van der Waals surface area contributed by atoms with E-state index in [4.69, 9.17) is 46.4 Å². The minimum absolute atomic E-state index is 0.0154. The molecule has 39 heavy (non-hydrogen) atoms. The van der Waals surface area contributed by atoms with Crippen molar-refractivity contribution in [1.29, 1.82) is 0 Å². The van der Waals surface area contributed by atoms with Gasteiger partial charge in [0.15, 0.2) is 11.6 Å². The first-order chi connectivity index (χ1) is 18.6. The maximum Gasteiger partial charge on any atom is 0.169 e. The first-order valence-corrected chi connectivity index (χ1v) is 15.2. The van der Waals surface area contributed by atoms with Crippen LogP contribution < -0.4 is 10.6 Å². The van der Waals surface area contributed by atoms with Gasteiger partial charge >= 0.3 is 0 Å². The largest absolute Gasteiger partial charge is 0.317 e. The summed E-state index contributed by atoms with van der Waals surface area (Å²) in [5.74, 6) is -0.434. The molecular weight excluding hydrogens is 581 g/mol. The third kappa shape index (κ3) is 7.75. The Labute approximate surface area is 251 Å². The number of hydrogen-bond donors (Lipinski definition) is 2. The van der Waals surface area contributed by atoms with Crippen molar-refractivity contribution in [2.45, 2.75) is 65.2 Å². The molecule has 2 saturated heterocycles. The van der Waals surface area contributed by atoms with Crippen LogP contribution in [0.25, 0.3) is 0 Å². The summed E-state index contributed by atoms with van der Waals surface area (Å²) >= 11 is 23.5. The molecule has 4 nitrogen and oxygen atoms in total. The van der Waals surface area contributed by atoms with Crippen LogP contribution in [-0.2, 0) is 0 Å². The Morgan fingerprint density at radius 2 is 1.18 bits per heavy atom. The van der Waals surface area contributed by atoms with Gasteiger partial charge in [0.25, 0.3) is 0 Å². The highest BCUT2D eigenvalue weighted by Gasteiger charge is 2.40. The first-order valence-electron chi connectivity index (χ1n) is 13.7. The van der Waals surface area contributed by atoms with Crippen LogP contribution in [0.2, 0.25) is 20.1 Å². The second-order valence-electron chi connectivity index (χ2n) is 10.6. The average molecular weight is 618 g/mol. The summed E-state index contributed by atoms with van der Waals surface area (Å²) in [6, 6.07) is 7.88. The highest BCUT2D eigenvalue weighted by Crippen LogP contribution is 2.40. The second kappa shape index (κ2) is 14.6. The molecule has 214 valence electrons. The lowest BCUT2D eigenvalue weighted by atomic mass is 9.70. The van der Waals surface area contributed by atoms with Crippen molar-refractivity contribution in [3.8, 4) is 0 Å². The molecule has 0 radical (unpaired) electrons. The van der Waals surface area contributed by atoms with E-state index in [1.54, 1.807) is 18.2 Å². The van der Waals surface area contributed by atoms with E-state index in [0.29, 0.717) is 21.2 Å². The number of carbonyl (C=O) groups excluding carboxylic acids is 2. The number of rotatable bonds is 8. The van der Waals surface area contributed by atoms with E-state index in [0.717, 1.165) is 77.5 Å². The summed E-state index contributed by atoms with van der Waals surface area (Å²) in [6.07, 6.45) is 7.06. The first kappa shape index (κ1) is 32.3. The standard InChI is InChI=1S/C15H18Cl2FNO.C15H19Cl2NO/c1-2-3-15(4-6-19-7-5-15)14(20)10-8-11(16)13(17)12(18)9-10;1-2-5-15(6-8-18-9-7-15)14(19)11-3-4-12(16)13(17)10-11/h8-9,19H,2-7H2,1H3;3-4,10,18H,2,5-9H2,1H3. The fraction of sp³-hybridized carbons (Fsp3) is 0.533. The monoisotopic (exact) mass is 616 g/mol. The molecule has 0 bridgehead atoms. The number of benzene rings is 2. The molecule has 0 aliphatic carbocycles. The Morgan fingerprint density at radius 3 is 1.62 bits per heavy atom. The minimum atomic E-state index is -0.636. The molecule has 0 unspecified atom stereocenters. The van der Waals surface area contributed by atoms with Crippen LogP contribution in [0.5, 0.6) is 0 Å².